The van der Waals surface area contributed by atoms with Crippen molar-refractivity contribution in [2.45, 2.75) is 26.7 Å². The van der Waals surface area contributed by atoms with Gasteiger partial charge in [-0.25, -0.2) is 0 Å². The molecule has 0 N–H and O–H groups in total. The molecule has 1 heterocycles. The largest absolute Gasteiger partial charge is 0.496 e. The highest BCUT2D eigenvalue weighted by atomic mass is 16.5. The smallest absolute Gasteiger partial charge is 0.128 e. The molecule has 3 nitrogen and oxygen atoms in total. The van der Waals surface area contributed by atoms with Crippen LogP contribution in [-0.2, 0) is 7.05 Å². The molecule has 0 aliphatic rings. The van der Waals surface area contributed by atoms with Gasteiger partial charge in [0.1, 0.15) is 5.75 Å². The molecule has 0 spiro atoms. The van der Waals surface area contributed by atoms with E-state index in [1.807, 2.05) is 18.7 Å². The molecule has 0 bridgehead atoms. The molecule has 0 aliphatic carbocycles. The fourth-order valence-corrected chi connectivity index (χ4v) is 2.14. The van der Waals surface area contributed by atoms with Crippen LogP contribution in [0.15, 0.2) is 24.3 Å². The van der Waals surface area contributed by atoms with Gasteiger partial charge in [0.05, 0.1) is 18.5 Å². The van der Waals surface area contributed by atoms with Crippen molar-refractivity contribution in [2.75, 3.05) is 7.11 Å². The minimum Gasteiger partial charge on any atom is -0.496 e. The lowest BCUT2D eigenvalue weighted by Gasteiger charge is -2.12. The van der Waals surface area contributed by atoms with Gasteiger partial charge in [0, 0.05) is 12.6 Å². The monoisotopic (exact) mass is 244 g/mol. The summed E-state index contributed by atoms with van der Waals surface area (Å²) in [6.45, 7) is 6.36. The maximum Gasteiger partial charge on any atom is 0.128 e. The Balaban J connectivity index is 2.54. The number of hydrogen-bond acceptors (Lipinski definition) is 2. The number of aryl methyl sites for hydroxylation is 2. The molecule has 0 saturated carbocycles. The fraction of sp³-hybridized carbons (Fsp3) is 0.400. The van der Waals surface area contributed by atoms with Crippen molar-refractivity contribution in [3.63, 3.8) is 0 Å². The molecule has 0 unspecified atom stereocenters. The molecule has 0 radical (unpaired) electrons. The van der Waals surface area contributed by atoms with Gasteiger partial charge in [-0.15, -0.1) is 0 Å². The summed E-state index contributed by atoms with van der Waals surface area (Å²) in [5.41, 5.74) is 4.47. The van der Waals surface area contributed by atoms with Gasteiger partial charge in [-0.1, -0.05) is 19.9 Å². The van der Waals surface area contributed by atoms with Crippen LogP contribution in [0.5, 0.6) is 5.75 Å². The summed E-state index contributed by atoms with van der Waals surface area (Å²) < 4.78 is 7.40. The van der Waals surface area contributed by atoms with E-state index in [0.29, 0.717) is 5.92 Å². The van der Waals surface area contributed by atoms with E-state index < -0.39 is 0 Å². The maximum absolute atomic E-state index is 5.51. The third-order valence-corrected chi connectivity index (χ3v) is 3.17. The first-order valence-corrected chi connectivity index (χ1v) is 6.22. The highest BCUT2D eigenvalue weighted by Crippen LogP contribution is 2.32. The van der Waals surface area contributed by atoms with Crippen LogP contribution in [0.3, 0.4) is 0 Å². The molecular weight excluding hydrogens is 224 g/mol. The molecule has 2 aromatic rings. The standard InChI is InChI=1S/C15H20N2O/c1-10(2)12-6-7-13(15(9-12)18-5)14-8-11(3)16-17(14)4/h6-10H,1-5H3. The topological polar surface area (TPSA) is 27.1 Å². The number of benzene rings is 1. The molecule has 1 aromatic heterocycles. The van der Waals surface area contributed by atoms with E-state index in [2.05, 4.69) is 43.2 Å². The molecule has 1 aromatic carbocycles. The van der Waals surface area contributed by atoms with Gasteiger partial charge >= 0.3 is 0 Å². The van der Waals surface area contributed by atoms with Crippen molar-refractivity contribution in [3.05, 3.63) is 35.5 Å². The van der Waals surface area contributed by atoms with E-state index in [1.54, 1.807) is 7.11 Å². The summed E-state index contributed by atoms with van der Waals surface area (Å²) in [6, 6.07) is 8.46. The molecule has 0 atom stereocenters. The summed E-state index contributed by atoms with van der Waals surface area (Å²) in [5.74, 6) is 1.41. The first kappa shape index (κ1) is 12.7. The third kappa shape index (κ3) is 2.26. The van der Waals surface area contributed by atoms with Gasteiger partial charge in [-0.05, 0) is 36.6 Å². The number of nitrogens with zero attached hydrogens (tertiary/aromatic N) is 2. The minimum atomic E-state index is 0.501. The lowest BCUT2D eigenvalue weighted by Crippen LogP contribution is -1.97. The summed E-state index contributed by atoms with van der Waals surface area (Å²) in [7, 11) is 3.67. The summed E-state index contributed by atoms with van der Waals surface area (Å²) >= 11 is 0. The molecular formula is C15H20N2O. The van der Waals surface area contributed by atoms with Crippen molar-refractivity contribution in [2.24, 2.45) is 7.05 Å². The van der Waals surface area contributed by atoms with Crippen LogP contribution in [0.2, 0.25) is 0 Å². The third-order valence-electron chi connectivity index (χ3n) is 3.17. The first-order valence-electron chi connectivity index (χ1n) is 6.22. The zero-order chi connectivity index (χ0) is 13.3. The first-order chi connectivity index (χ1) is 8.52. The molecule has 3 heteroatoms. The fourth-order valence-electron chi connectivity index (χ4n) is 2.14. The highest BCUT2D eigenvalue weighted by Gasteiger charge is 2.12. The average molecular weight is 244 g/mol. The van der Waals surface area contributed by atoms with Crippen molar-refractivity contribution in [1.82, 2.24) is 9.78 Å². The Labute approximate surface area is 108 Å². The van der Waals surface area contributed by atoms with Gasteiger partial charge < -0.3 is 4.74 Å². The van der Waals surface area contributed by atoms with Gasteiger partial charge in [0.15, 0.2) is 0 Å². The maximum atomic E-state index is 5.51. The van der Waals surface area contributed by atoms with Crippen LogP contribution in [0, 0.1) is 6.92 Å². The zero-order valence-corrected chi connectivity index (χ0v) is 11.7. The van der Waals surface area contributed by atoms with Crippen LogP contribution in [0.4, 0.5) is 0 Å². The van der Waals surface area contributed by atoms with Gasteiger partial charge in [0.2, 0.25) is 0 Å². The molecule has 0 amide bonds. The van der Waals surface area contributed by atoms with Crippen molar-refractivity contribution in [1.29, 1.82) is 0 Å². The lowest BCUT2D eigenvalue weighted by atomic mass is 9.99. The van der Waals surface area contributed by atoms with Crippen molar-refractivity contribution in [3.8, 4) is 17.0 Å². The van der Waals surface area contributed by atoms with E-state index in [-0.39, 0.29) is 0 Å². The molecule has 2 rings (SSSR count). The van der Waals surface area contributed by atoms with E-state index in [0.717, 1.165) is 22.7 Å². The molecule has 0 aliphatic heterocycles. The predicted octanol–water partition coefficient (Wildman–Crippen LogP) is 3.53. The molecule has 0 fully saturated rings. The number of methoxy groups -OCH3 is 1. The van der Waals surface area contributed by atoms with Crippen molar-refractivity contribution >= 4 is 0 Å². The number of hydrogen-bond donors (Lipinski definition) is 0. The van der Waals surface area contributed by atoms with Crippen LogP contribution in [-0.4, -0.2) is 16.9 Å². The van der Waals surface area contributed by atoms with E-state index in [1.165, 1.54) is 5.56 Å². The Bertz CT molecular complexity index is 556. The van der Waals surface area contributed by atoms with E-state index in [4.69, 9.17) is 4.74 Å². The summed E-state index contributed by atoms with van der Waals surface area (Å²) in [6.07, 6.45) is 0. The average Bonchev–Trinajstić information content (AvgIpc) is 2.67. The second-order valence-electron chi connectivity index (χ2n) is 4.91. The van der Waals surface area contributed by atoms with E-state index in [9.17, 15) is 0 Å². The SMILES string of the molecule is COc1cc(C(C)C)ccc1-c1cc(C)nn1C. The van der Waals surface area contributed by atoms with Crippen LogP contribution >= 0.6 is 0 Å². The second-order valence-corrected chi connectivity index (χ2v) is 4.91. The molecule has 18 heavy (non-hydrogen) atoms. The second kappa shape index (κ2) is 4.84. The normalized spacial score (nSPS) is 11.0. The Morgan fingerprint density at radius 1 is 1.22 bits per heavy atom. The summed E-state index contributed by atoms with van der Waals surface area (Å²) in [5, 5.41) is 4.38. The summed E-state index contributed by atoms with van der Waals surface area (Å²) in [4.78, 5) is 0. The highest BCUT2D eigenvalue weighted by molar-refractivity contribution is 5.68. The van der Waals surface area contributed by atoms with Gasteiger partial charge in [-0.3, -0.25) is 4.68 Å². The van der Waals surface area contributed by atoms with Gasteiger partial charge in [0.25, 0.3) is 0 Å². The number of ether oxygens (including phenoxy) is 1. The van der Waals surface area contributed by atoms with Crippen LogP contribution in [0.25, 0.3) is 11.3 Å². The van der Waals surface area contributed by atoms with Crippen LogP contribution < -0.4 is 4.74 Å². The zero-order valence-electron chi connectivity index (χ0n) is 11.7. The molecule has 96 valence electrons. The van der Waals surface area contributed by atoms with Crippen molar-refractivity contribution < 1.29 is 4.74 Å². The lowest BCUT2D eigenvalue weighted by molar-refractivity contribution is 0.415. The molecule has 0 saturated heterocycles. The number of aromatic nitrogens is 2. The minimum absolute atomic E-state index is 0.501. The predicted molar refractivity (Wildman–Crippen MR) is 74.0 cm³/mol. The Kier molecular flexibility index (Phi) is 3.41. The van der Waals surface area contributed by atoms with Crippen LogP contribution in [0.1, 0.15) is 31.0 Å². The van der Waals surface area contributed by atoms with E-state index >= 15 is 0 Å². The Morgan fingerprint density at radius 3 is 2.44 bits per heavy atom. The Hall–Kier alpha value is -1.77. The van der Waals surface area contributed by atoms with Gasteiger partial charge in [-0.2, -0.15) is 5.10 Å². The number of rotatable bonds is 3. The quantitative estimate of drug-likeness (QED) is 0.826. The Morgan fingerprint density at radius 2 is 1.94 bits per heavy atom.